The Balaban J connectivity index is 0.00000529. The molecule has 1 aliphatic heterocycles. The SMILES string of the molecule is CN1c2c(C(C)(C)C)cc(C(C)(C)C)c(O)c2-c2nc3c(-c4[c-]c(-c5cc(-c6ccccc6)ccn5)cc(C(C)(C)C)c4)cccc3n2[Si]1(c1ccccc1)c1ccccc1.[Pt]. The molecule has 0 unspecified atom stereocenters. The number of para-hydroxylation sites is 1. The van der Waals surface area contributed by atoms with Gasteiger partial charge in [0.2, 0.25) is 0 Å². The molecule has 1 aliphatic rings. The van der Waals surface area contributed by atoms with Crippen LogP contribution in [0.3, 0.4) is 0 Å². The Morgan fingerprint density at radius 1 is 0.597 bits per heavy atom. The summed E-state index contributed by atoms with van der Waals surface area (Å²) in [5.74, 6) is 1.07. The van der Waals surface area contributed by atoms with Crippen LogP contribution < -0.4 is 14.9 Å². The summed E-state index contributed by atoms with van der Waals surface area (Å²) in [5.41, 5.74) is 12.3. The van der Waals surface area contributed by atoms with Gasteiger partial charge in [0.25, 0.3) is 0 Å². The zero-order valence-corrected chi connectivity index (χ0v) is 40.7. The van der Waals surface area contributed by atoms with Crippen LogP contribution in [-0.2, 0) is 37.3 Å². The van der Waals surface area contributed by atoms with Crippen molar-refractivity contribution in [3.63, 3.8) is 0 Å². The van der Waals surface area contributed by atoms with E-state index < -0.39 is 8.40 Å². The summed E-state index contributed by atoms with van der Waals surface area (Å²) in [4.78, 5) is 10.7. The number of benzene rings is 6. The van der Waals surface area contributed by atoms with Crippen LogP contribution in [0.15, 0.2) is 146 Å². The van der Waals surface area contributed by atoms with E-state index in [1.807, 2.05) is 12.3 Å². The predicted molar refractivity (Wildman–Crippen MR) is 258 cm³/mol. The molecule has 7 heteroatoms. The second kappa shape index (κ2) is 15.7. The first-order valence-corrected chi connectivity index (χ1v) is 23.3. The maximum atomic E-state index is 12.8. The second-order valence-corrected chi connectivity index (χ2v) is 23.3. The first-order chi connectivity index (χ1) is 29.0. The number of hydrogen-bond acceptors (Lipinski definition) is 4. The minimum absolute atomic E-state index is 0. The molecule has 5 nitrogen and oxygen atoms in total. The van der Waals surface area contributed by atoms with E-state index >= 15 is 0 Å². The van der Waals surface area contributed by atoms with Crippen molar-refractivity contribution in [3.05, 3.63) is 168 Å². The fraction of sp³-hybridized carbons (Fsp3) is 0.236. The van der Waals surface area contributed by atoms with Crippen LogP contribution in [0, 0.1) is 6.07 Å². The molecule has 3 heterocycles. The molecule has 8 aromatic rings. The molecule has 0 radical (unpaired) electrons. The van der Waals surface area contributed by atoms with E-state index in [0.717, 1.165) is 67.2 Å². The molecule has 0 amide bonds. The van der Waals surface area contributed by atoms with Gasteiger partial charge in [-0.2, -0.15) is 0 Å². The molecule has 0 saturated carbocycles. The van der Waals surface area contributed by atoms with Gasteiger partial charge in [0.05, 0.1) is 16.6 Å². The Morgan fingerprint density at radius 3 is 1.76 bits per heavy atom. The standard InChI is InChI=1S/C55H55N4OSi.Pt/c1-53(2,3)40-32-38(31-39(33-40)46-34-37(29-30-56-46)36-21-14-11-15-22-36)43-27-20-28-47-49(43)57-52-48-50(44(54(4,5)6)35-45(51(48)60)55(7,8)9)58(10)61(59(47)52,41-23-16-12-17-24-41)42-25-18-13-19-26-42;/h11-30,32-35,60H,1-10H3;/q-1;. The maximum Gasteiger partial charge on any atom is 0.336 e. The number of pyridine rings is 1. The van der Waals surface area contributed by atoms with Crippen molar-refractivity contribution < 1.29 is 26.2 Å². The first kappa shape index (κ1) is 43.1. The van der Waals surface area contributed by atoms with Crippen molar-refractivity contribution >= 4 is 35.5 Å². The molecule has 0 spiro atoms. The molecule has 0 saturated heterocycles. The summed E-state index contributed by atoms with van der Waals surface area (Å²) in [7, 11) is -0.981. The van der Waals surface area contributed by atoms with E-state index in [2.05, 4.69) is 218 Å². The Bertz CT molecular complexity index is 2900. The molecule has 9 rings (SSSR count). The van der Waals surface area contributed by atoms with Gasteiger partial charge >= 0.3 is 8.40 Å². The number of phenols is 1. The van der Waals surface area contributed by atoms with Crippen LogP contribution in [-0.4, -0.2) is 34.8 Å². The first-order valence-electron chi connectivity index (χ1n) is 21.4. The predicted octanol–water partition coefficient (Wildman–Crippen LogP) is 12.0. The molecule has 316 valence electrons. The number of anilines is 1. The summed E-state index contributed by atoms with van der Waals surface area (Å²) in [5, 5.41) is 15.2. The van der Waals surface area contributed by atoms with Crippen LogP contribution in [0.2, 0.25) is 0 Å². The van der Waals surface area contributed by atoms with Crippen LogP contribution in [0.25, 0.3) is 55.9 Å². The third kappa shape index (κ3) is 7.06. The van der Waals surface area contributed by atoms with Crippen molar-refractivity contribution in [2.75, 3.05) is 11.6 Å². The number of aromatic nitrogens is 3. The van der Waals surface area contributed by atoms with Crippen LogP contribution in [0.5, 0.6) is 5.75 Å². The minimum Gasteiger partial charge on any atom is -0.507 e. The summed E-state index contributed by atoms with van der Waals surface area (Å²) in [6, 6.07) is 53.8. The van der Waals surface area contributed by atoms with Crippen molar-refractivity contribution in [1.82, 2.24) is 14.2 Å². The van der Waals surface area contributed by atoms with E-state index in [1.54, 1.807) is 0 Å². The number of hydrogen-bond donors (Lipinski definition) is 1. The van der Waals surface area contributed by atoms with Gasteiger partial charge in [-0.1, -0.05) is 183 Å². The molecule has 0 fully saturated rings. The van der Waals surface area contributed by atoms with Crippen LogP contribution >= 0.6 is 0 Å². The fourth-order valence-electron chi connectivity index (χ4n) is 9.32. The summed E-state index contributed by atoms with van der Waals surface area (Å²) in [6.45, 7) is 20.2. The average molecular weight is 1010 g/mol. The molecule has 0 bridgehead atoms. The van der Waals surface area contributed by atoms with E-state index in [0.29, 0.717) is 0 Å². The summed E-state index contributed by atoms with van der Waals surface area (Å²) in [6.07, 6.45) is 1.90. The maximum absolute atomic E-state index is 12.8. The normalized spacial score (nSPS) is 13.7. The molecule has 62 heavy (non-hydrogen) atoms. The molecule has 2 aromatic heterocycles. The molecule has 0 atom stereocenters. The van der Waals surface area contributed by atoms with Crippen LogP contribution in [0.4, 0.5) is 5.69 Å². The second-order valence-electron chi connectivity index (χ2n) is 19.7. The molecular weight excluding hydrogens is 956 g/mol. The van der Waals surface area contributed by atoms with Gasteiger partial charge in [0, 0.05) is 44.2 Å². The van der Waals surface area contributed by atoms with E-state index in [9.17, 15) is 5.11 Å². The van der Waals surface area contributed by atoms with Crippen molar-refractivity contribution in [3.8, 4) is 50.6 Å². The topological polar surface area (TPSA) is 54.2 Å². The van der Waals surface area contributed by atoms with Gasteiger partial charge in [-0.15, -0.1) is 29.3 Å². The number of imidazole rings is 1. The van der Waals surface area contributed by atoms with Crippen molar-refractivity contribution in [2.45, 2.75) is 78.6 Å². The number of aromatic hydroxyl groups is 1. The van der Waals surface area contributed by atoms with E-state index in [1.165, 1.54) is 21.5 Å². The zero-order valence-electron chi connectivity index (χ0n) is 37.4. The van der Waals surface area contributed by atoms with Gasteiger partial charge in [0.1, 0.15) is 11.6 Å². The van der Waals surface area contributed by atoms with E-state index in [-0.39, 0.29) is 43.1 Å². The average Bonchev–Trinajstić information content (AvgIpc) is 3.63. The van der Waals surface area contributed by atoms with Crippen molar-refractivity contribution in [2.24, 2.45) is 0 Å². The van der Waals surface area contributed by atoms with Gasteiger partial charge in [0.15, 0.2) is 0 Å². The fourth-order valence-corrected chi connectivity index (χ4v) is 14.1. The van der Waals surface area contributed by atoms with Gasteiger partial charge < -0.3 is 13.9 Å². The third-order valence-electron chi connectivity index (χ3n) is 12.5. The number of phenolic OH excluding ortho intramolecular Hbond substituents is 1. The minimum atomic E-state index is -3.23. The monoisotopic (exact) mass is 1010 g/mol. The Labute approximate surface area is 383 Å². The van der Waals surface area contributed by atoms with Gasteiger partial charge in [-0.05, 0) is 68.6 Å². The van der Waals surface area contributed by atoms with Crippen LogP contribution in [0.1, 0.15) is 79.0 Å². The van der Waals surface area contributed by atoms with Crippen molar-refractivity contribution in [1.29, 1.82) is 0 Å². The molecule has 0 aliphatic carbocycles. The number of rotatable bonds is 5. The smallest absolute Gasteiger partial charge is 0.336 e. The van der Waals surface area contributed by atoms with Gasteiger partial charge in [-0.3, -0.25) is 4.98 Å². The summed E-state index contributed by atoms with van der Waals surface area (Å²) < 4.78 is 5.06. The van der Waals surface area contributed by atoms with E-state index in [4.69, 9.17) is 9.97 Å². The Morgan fingerprint density at radius 2 is 1.18 bits per heavy atom. The Hall–Kier alpha value is -5.55. The molecule has 1 N–H and O–H groups in total. The third-order valence-corrected chi connectivity index (χ3v) is 17.0. The zero-order chi connectivity index (χ0) is 43.1. The molecular formula is C55H55N4OPtSi-. The number of fused-ring (bicyclic) bond motifs is 5. The molecule has 6 aromatic carbocycles. The quantitative estimate of drug-likeness (QED) is 0.138. The largest absolute Gasteiger partial charge is 0.507 e. The Kier molecular flexibility index (Phi) is 10.9. The number of nitrogens with zero attached hydrogens (tertiary/aromatic N) is 4. The summed E-state index contributed by atoms with van der Waals surface area (Å²) >= 11 is 0. The van der Waals surface area contributed by atoms with Gasteiger partial charge in [-0.25, -0.2) is 4.98 Å².